The van der Waals surface area contributed by atoms with E-state index < -0.39 is 10.0 Å². The Morgan fingerprint density at radius 2 is 2.12 bits per heavy atom. The van der Waals surface area contributed by atoms with Gasteiger partial charge in [-0.2, -0.15) is 14.5 Å². The van der Waals surface area contributed by atoms with Crippen molar-refractivity contribution >= 4 is 10.0 Å². The molecule has 4 rings (SSSR count). The van der Waals surface area contributed by atoms with E-state index in [9.17, 15) is 13.2 Å². The fourth-order valence-electron chi connectivity index (χ4n) is 3.75. The Morgan fingerprint density at radius 3 is 2.88 bits per heavy atom. The number of rotatable bonds is 4. The largest absolute Gasteiger partial charge is 0.274 e. The highest BCUT2D eigenvalue weighted by Gasteiger charge is 2.36. The fourth-order valence-corrected chi connectivity index (χ4v) is 5.42. The van der Waals surface area contributed by atoms with Crippen LogP contribution in [0.25, 0.3) is 0 Å². The topological polar surface area (TPSA) is 90.1 Å². The Morgan fingerprint density at radius 1 is 1.28 bits per heavy atom. The Labute approximate surface area is 146 Å². The molecule has 1 unspecified atom stereocenters. The molecule has 0 radical (unpaired) electrons. The van der Waals surface area contributed by atoms with E-state index in [1.54, 1.807) is 13.1 Å². The maximum atomic E-state index is 12.9. The van der Waals surface area contributed by atoms with Crippen LogP contribution in [-0.4, -0.2) is 44.9 Å². The minimum atomic E-state index is -3.60. The average Bonchev–Trinajstić information content (AvgIpc) is 3.28. The standard InChI is InChI=1S/C16H21N5O3S/c1-19-11-14(9-17-19)25(23,24)21-7-3-5-13(21)10-20-16(22)8-12-4-2-6-15(12)18-20/h8-9,11,13H,2-7,10H2,1H3. The second-order valence-electron chi connectivity index (χ2n) is 6.75. The van der Waals surface area contributed by atoms with Crippen molar-refractivity contribution in [2.24, 2.45) is 7.05 Å². The van der Waals surface area contributed by atoms with Gasteiger partial charge in [-0.15, -0.1) is 0 Å². The normalized spacial score (nSPS) is 20.9. The highest BCUT2D eigenvalue weighted by molar-refractivity contribution is 7.89. The quantitative estimate of drug-likeness (QED) is 0.780. The fraction of sp³-hybridized carbons (Fsp3) is 0.562. The number of hydrogen-bond donors (Lipinski definition) is 0. The third-order valence-corrected chi connectivity index (χ3v) is 6.92. The summed E-state index contributed by atoms with van der Waals surface area (Å²) in [5.41, 5.74) is 1.86. The van der Waals surface area contributed by atoms with E-state index in [2.05, 4.69) is 10.2 Å². The molecule has 2 aromatic rings. The number of aryl methyl sites for hydroxylation is 3. The first-order valence-electron chi connectivity index (χ1n) is 8.55. The molecule has 1 atom stereocenters. The summed E-state index contributed by atoms with van der Waals surface area (Å²) in [4.78, 5) is 12.5. The van der Waals surface area contributed by atoms with Crippen molar-refractivity contribution in [3.05, 3.63) is 40.1 Å². The van der Waals surface area contributed by atoms with Crippen LogP contribution in [0.4, 0.5) is 0 Å². The second kappa shape index (κ2) is 6.06. The van der Waals surface area contributed by atoms with Gasteiger partial charge in [0.05, 0.1) is 18.4 Å². The minimum Gasteiger partial charge on any atom is -0.274 e. The van der Waals surface area contributed by atoms with Gasteiger partial charge in [-0.1, -0.05) is 0 Å². The van der Waals surface area contributed by atoms with E-state index in [4.69, 9.17) is 0 Å². The van der Waals surface area contributed by atoms with Gasteiger partial charge in [-0.25, -0.2) is 13.1 Å². The lowest BCUT2D eigenvalue weighted by atomic mass is 10.2. The molecule has 0 N–H and O–H groups in total. The molecule has 1 fully saturated rings. The summed E-state index contributed by atoms with van der Waals surface area (Å²) in [5.74, 6) is 0. The average molecular weight is 363 g/mol. The van der Waals surface area contributed by atoms with E-state index in [1.807, 2.05) is 0 Å². The highest BCUT2D eigenvalue weighted by atomic mass is 32.2. The summed E-state index contributed by atoms with van der Waals surface area (Å²) in [5, 5.41) is 8.44. The molecular formula is C16H21N5O3S. The zero-order valence-electron chi connectivity index (χ0n) is 14.1. The van der Waals surface area contributed by atoms with Crippen LogP contribution >= 0.6 is 0 Å². The van der Waals surface area contributed by atoms with Gasteiger partial charge in [-0.3, -0.25) is 9.48 Å². The first kappa shape index (κ1) is 16.5. The lowest BCUT2D eigenvalue weighted by Crippen LogP contribution is -2.40. The molecule has 3 heterocycles. The lowest BCUT2D eigenvalue weighted by molar-refractivity contribution is 0.334. The molecule has 25 heavy (non-hydrogen) atoms. The zero-order chi connectivity index (χ0) is 17.6. The van der Waals surface area contributed by atoms with E-state index in [-0.39, 0.29) is 16.5 Å². The van der Waals surface area contributed by atoms with Crippen LogP contribution in [0.5, 0.6) is 0 Å². The monoisotopic (exact) mass is 363 g/mol. The predicted molar refractivity (Wildman–Crippen MR) is 90.6 cm³/mol. The minimum absolute atomic E-state index is 0.147. The summed E-state index contributed by atoms with van der Waals surface area (Å²) in [7, 11) is -1.92. The Kier molecular flexibility index (Phi) is 3.99. The molecule has 1 aliphatic carbocycles. The lowest BCUT2D eigenvalue weighted by Gasteiger charge is -2.23. The number of fused-ring (bicyclic) bond motifs is 1. The molecule has 0 aromatic carbocycles. The molecule has 8 nitrogen and oxygen atoms in total. The molecular weight excluding hydrogens is 342 g/mol. The van der Waals surface area contributed by atoms with Gasteiger partial charge in [-0.05, 0) is 37.7 Å². The summed E-state index contributed by atoms with van der Waals surface area (Å²) in [6.45, 7) is 0.757. The van der Waals surface area contributed by atoms with Crippen LogP contribution < -0.4 is 5.56 Å². The van der Waals surface area contributed by atoms with Crippen molar-refractivity contribution in [2.45, 2.75) is 49.6 Å². The van der Waals surface area contributed by atoms with Crippen LogP contribution in [0, 0.1) is 0 Å². The molecule has 0 saturated carbocycles. The third kappa shape index (κ3) is 2.91. The van der Waals surface area contributed by atoms with Gasteiger partial charge >= 0.3 is 0 Å². The second-order valence-corrected chi connectivity index (χ2v) is 8.64. The maximum absolute atomic E-state index is 12.9. The van der Waals surface area contributed by atoms with Crippen LogP contribution in [0.1, 0.15) is 30.5 Å². The van der Waals surface area contributed by atoms with Crippen LogP contribution in [0.3, 0.4) is 0 Å². The molecule has 2 aromatic heterocycles. The number of sulfonamides is 1. The van der Waals surface area contributed by atoms with Crippen molar-refractivity contribution in [1.29, 1.82) is 0 Å². The predicted octanol–water partition coefficient (Wildman–Crippen LogP) is 0.319. The molecule has 0 spiro atoms. The van der Waals surface area contributed by atoms with Crippen molar-refractivity contribution in [3.63, 3.8) is 0 Å². The van der Waals surface area contributed by atoms with Crippen molar-refractivity contribution in [3.8, 4) is 0 Å². The van der Waals surface area contributed by atoms with E-state index >= 15 is 0 Å². The van der Waals surface area contributed by atoms with Gasteiger partial charge in [0.1, 0.15) is 4.90 Å². The van der Waals surface area contributed by atoms with Crippen LogP contribution in [0.15, 0.2) is 28.2 Å². The Bertz CT molecular complexity index is 962. The van der Waals surface area contributed by atoms with Gasteiger partial charge in [0.15, 0.2) is 0 Å². The number of hydrogen-bond acceptors (Lipinski definition) is 5. The van der Waals surface area contributed by atoms with E-state index in [0.717, 1.165) is 43.4 Å². The molecule has 134 valence electrons. The summed E-state index contributed by atoms with van der Waals surface area (Å²) >= 11 is 0. The molecule has 1 saturated heterocycles. The smallest absolute Gasteiger partial charge is 0.267 e. The summed E-state index contributed by atoms with van der Waals surface area (Å²) in [6.07, 6.45) is 7.20. The summed E-state index contributed by atoms with van der Waals surface area (Å²) < 4.78 is 30.2. The molecule has 1 aliphatic heterocycles. The van der Waals surface area contributed by atoms with Gasteiger partial charge < -0.3 is 0 Å². The van der Waals surface area contributed by atoms with E-state index in [0.29, 0.717) is 13.1 Å². The van der Waals surface area contributed by atoms with Crippen molar-refractivity contribution < 1.29 is 8.42 Å². The summed E-state index contributed by atoms with van der Waals surface area (Å²) in [6, 6.07) is 1.40. The maximum Gasteiger partial charge on any atom is 0.267 e. The first-order valence-corrected chi connectivity index (χ1v) is 9.99. The molecule has 9 heteroatoms. The third-order valence-electron chi connectivity index (χ3n) is 5.02. The number of aromatic nitrogens is 4. The van der Waals surface area contributed by atoms with E-state index in [1.165, 1.54) is 26.1 Å². The van der Waals surface area contributed by atoms with Gasteiger partial charge in [0.25, 0.3) is 5.56 Å². The molecule has 0 amide bonds. The Balaban J connectivity index is 1.62. The first-order chi connectivity index (χ1) is 11.9. The zero-order valence-corrected chi connectivity index (χ0v) is 14.9. The SMILES string of the molecule is Cn1cc(S(=O)(=O)N2CCCC2Cn2nc3c(cc2=O)CCC3)cn1. The van der Waals surface area contributed by atoms with Crippen molar-refractivity contribution in [2.75, 3.05) is 6.54 Å². The number of nitrogens with zero attached hydrogens (tertiary/aromatic N) is 5. The Hall–Kier alpha value is -2.00. The molecule has 0 bridgehead atoms. The van der Waals surface area contributed by atoms with Crippen LogP contribution in [-0.2, 0) is 36.5 Å². The molecule has 2 aliphatic rings. The van der Waals surface area contributed by atoms with Crippen molar-refractivity contribution in [1.82, 2.24) is 23.9 Å². The highest BCUT2D eigenvalue weighted by Crippen LogP contribution is 2.26. The van der Waals surface area contributed by atoms with Gasteiger partial charge in [0.2, 0.25) is 10.0 Å². The van der Waals surface area contributed by atoms with Crippen LogP contribution in [0.2, 0.25) is 0 Å². The van der Waals surface area contributed by atoms with Gasteiger partial charge in [0, 0.05) is 31.9 Å².